The van der Waals surface area contributed by atoms with E-state index in [0.717, 1.165) is 11.1 Å². The number of H-pyrrole nitrogens is 1. The number of amides is 1. The summed E-state index contributed by atoms with van der Waals surface area (Å²) < 4.78 is 1.28. The second-order valence-electron chi connectivity index (χ2n) is 9.82. The van der Waals surface area contributed by atoms with Gasteiger partial charge < -0.3 is 10.6 Å². The minimum Gasteiger partial charge on any atom is -0.383 e. The Bertz CT molecular complexity index is 1270. The smallest absolute Gasteiger partial charge is 0.330 e. The van der Waals surface area contributed by atoms with Gasteiger partial charge in [-0.15, -0.1) is 0 Å². The van der Waals surface area contributed by atoms with Gasteiger partial charge in [-0.2, -0.15) is 0 Å². The van der Waals surface area contributed by atoms with Gasteiger partial charge in [-0.05, 0) is 36.1 Å². The molecule has 1 heterocycles. The van der Waals surface area contributed by atoms with Crippen LogP contribution in [-0.2, 0) is 23.3 Å². The molecule has 0 radical (unpaired) electrons. The number of nitrogen functional groups attached to an aromatic ring is 1. The van der Waals surface area contributed by atoms with Crippen molar-refractivity contribution in [2.24, 2.45) is 0 Å². The number of nitrogens with zero attached hydrogens (tertiary/aromatic N) is 3. The largest absolute Gasteiger partial charge is 0.383 e. The van der Waals surface area contributed by atoms with E-state index in [-0.39, 0.29) is 42.5 Å². The predicted octanol–water partition coefficient (Wildman–Crippen LogP) is 2.95. The minimum atomic E-state index is -0.674. The van der Waals surface area contributed by atoms with Gasteiger partial charge in [0, 0.05) is 13.1 Å². The van der Waals surface area contributed by atoms with E-state index in [1.54, 1.807) is 6.92 Å². The summed E-state index contributed by atoms with van der Waals surface area (Å²) in [6, 6.07) is 17.7. The molecule has 0 unspecified atom stereocenters. The number of nitrogens with two attached hydrogens (primary N) is 1. The number of nitrogens with one attached hydrogen (secondary N) is 1. The zero-order valence-corrected chi connectivity index (χ0v) is 21.2. The van der Waals surface area contributed by atoms with Crippen LogP contribution >= 0.6 is 0 Å². The highest BCUT2D eigenvalue weighted by Gasteiger charge is 2.24. The van der Waals surface area contributed by atoms with Crippen LogP contribution in [0.4, 0.5) is 11.5 Å². The van der Waals surface area contributed by atoms with Gasteiger partial charge in [0.25, 0.3) is 5.56 Å². The normalized spacial score (nSPS) is 11.6. The Balaban J connectivity index is 1.80. The SMILES string of the molecule is CCN(C(=O)CN(C)Cc1ccc(C(C)(C)C)cc1)c1c(N)n(Cc2ccccc2)c(=O)[nH]c1=O. The third-order valence-electron chi connectivity index (χ3n) is 5.96. The molecule has 0 saturated carbocycles. The summed E-state index contributed by atoms with van der Waals surface area (Å²) in [6.45, 7) is 9.37. The molecular weight excluding hydrogens is 442 g/mol. The number of carbonyl (C=O) groups is 1. The van der Waals surface area contributed by atoms with Crippen molar-refractivity contribution in [2.75, 3.05) is 30.8 Å². The monoisotopic (exact) mass is 477 g/mol. The van der Waals surface area contributed by atoms with E-state index < -0.39 is 11.2 Å². The van der Waals surface area contributed by atoms with E-state index in [0.29, 0.717) is 6.54 Å². The van der Waals surface area contributed by atoms with Gasteiger partial charge in [0.15, 0.2) is 5.69 Å². The topological polar surface area (TPSA) is 104 Å². The fourth-order valence-electron chi connectivity index (χ4n) is 4.01. The molecule has 186 valence electrons. The number of hydrogen-bond acceptors (Lipinski definition) is 5. The third-order valence-corrected chi connectivity index (χ3v) is 5.96. The average Bonchev–Trinajstić information content (AvgIpc) is 2.79. The summed E-state index contributed by atoms with van der Waals surface area (Å²) in [5.41, 5.74) is 8.26. The third kappa shape index (κ3) is 6.27. The van der Waals surface area contributed by atoms with Crippen molar-refractivity contribution in [3.05, 3.63) is 92.1 Å². The molecule has 3 rings (SSSR count). The van der Waals surface area contributed by atoms with Gasteiger partial charge in [0.05, 0.1) is 13.1 Å². The van der Waals surface area contributed by atoms with Crippen molar-refractivity contribution in [1.82, 2.24) is 14.5 Å². The summed E-state index contributed by atoms with van der Waals surface area (Å²) >= 11 is 0. The molecule has 2 aromatic carbocycles. The fourth-order valence-corrected chi connectivity index (χ4v) is 4.01. The van der Waals surface area contributed by atoms with E-state index in [9.17, 15) is 14.4 Å². The lowest BCUT2D eigenvalue weighted by Gasteiger charge is -2.26. The van der Waals surface area contributed by atoms with E-state index in [4.69, 9.17) is 5.73 Å². The molecule has 0 spiro atoms. The van der Waals surface area contributed by atoms with Gasteiger partial charge in [-0.3, -0.25) is 24.0 Å². The lowest BCUT2D eigenvalue weighted by atomic mass is 9.87. The lowest BCUT2D eigenvalue weighted by Crippen LogP contribution is -2.44. The number of anilines is 2. The minimum absolute atomic E-state index is 0.00374. The van der Waals surface area contributed by atoms with E-state index in [1.807, 2.05) is 42.3 Å². The molecule has 0 aliphatic rings. The molecule has 8 nitrogen and oxygen atoms in total. The van der Waals surface area contributed by atoms with Crippen LogP contribution in [0.15, 0.2) is 64.2 Å². The maximum atomic E-state index is 13.2. The number of aromatic amines is 1. The van der Waals surface area contributed by atoms with E-state index in [2.05, 4.69) is 50.0 Å². The molecule has 0 atom stereocenters. The number of aromatic nitrogens is 2. The Morgan fingerprint density at radius 1 is 1.00 bits per heavy atom. The molecule has 1 amide bonds. The molecular formula is C27H35N5O3. The molecule has 3 aromatic rings. The van der Waals surface area contributed by atoms with Gasteiger partial charge in [0.2, 0.25) is 5.91 Å². The predicted molar refractivity (Wildman–Crippen MR) is 141 cm³/mol. The number of rotatable bonds is 8. The lowest BCUT2D eigenvalue weighted by molar-refractivity contribution is -0.119. The Morgan fingerprint density at radius 3 is 2.20 bits per heavy atom. The van der Waals surface area contributed by atoms with Crippen molar-refractivity contribution in [3.8, 4) is 0 Å². The molecule has 0 fully saturated rings. The van der Waals surface area contributed by atoms with Crippen LogP contribution < -0.4 is 21.9 Å². The van der Waals surface area contributed by atoms with E-state index in [1.165, 1.54) is 15.0 Å². The summed E-state index contributed by atoms with van der Waals surface area (Å²) in [5.74, 6) is -0.304. The summed E-state index contributed by atoms with van der Waals surface area (Å²) in [7, 11) is 1.85. The van der Waals surface area contributed by atoms with Crippen LogP contribution in [0.3, 0.4) is 0 Å². The maximum Gasteiger partial charge on any atom is 0.330 e. The zero-order valence-electron chi connectivity index (χ0n) is 21.2. The Morgan fingerprint density at radius 2 is 1.63 bits per heavy atom. The van der Waals surface area contributed by atoms with Crippen LogP contribution in [0.5, 0.6) is 0 Å². The molecule has 1 aromatic heterocycles. The maximum absolute atomic E-state index is 13.2. The van der Waals surface area contributed by atoms with Crippen molar-refractivity contribution in [2.45, 2.75) is 46.2 Å². The standard InChI is InChI=1S/C27H35N5O3/c1-6-31(22(33)18-30(5)16-20-12-14-21(15-13-20)27(2,3)4)23-24(28)32(26(35)29-25(23)34)17-19-10-8-7-9-11-19/h7-15H,6,16-18,28H2,1-5H3,(H,29,34,35). The van der Waals surface area contributed by atoms with Crippen LogP contribution in [0.1, 0.15) is 44.4 Å². The quantitative estimate of drug-likeness (QED) is 0.519. The summed E-state index contributed by atoms with van der Waals surface area (Å²) in [5, 5.41) is 0. The number of likely N-dealkylation sites (N-methyl/N-ethyl adjacent to an activating group) is 2. The highest BCUT2D eigenvalue weighted by atomic mass is 16.2. The molecule has 0 aliphatic heterocycles. The molecule has 35 heavy (non-hydrogen) atoms. The Hall–Kier alpha value is -3.65. The van der Waals surface area contributed by atoms with Crippen molar-refractivity contribution in [1.29, 1.82) is 0 Å². The first-order valence-corrected chi connectivity index (χ1v) is 11.8. The fraction of sp³-hybridized carbons (Fsp3) is 0.370. The molecule has 8 heteroatoms. The van der Waals surface area contributed by atoms with Gasteiger partial charge >= 0.3 is 5.69 Å². The van der Waals surface area contributed by atoms with Gasteiger partial charge in [-0.25, -0.2) is 4.79 Å². The molecule has 0 bridgehead atoms. The van der Waals surface area contributed by atoms with E-state index >= 15 is 0 Å². The first kappa shape index (κ1) is 26.0. The summed E-state index contributed by atoms with van der Waals surface area (Å²) in [4.78, 5) is 43.9. The number of hydrogen-bond donors (Lipinski definition) is 2. The highest BCUT2D eigenvalue weighted by molar-refractivity contribution is 5.96. The van der Waals surface area contributed by atoms with Crippen molar-refractivity contribution < 1.29 is 4.79 Å². The van der Waals surface area contributed by atoms with Crippen LogP contribution in [0.25, 0.3) is 0 Å². The van der Waals surface area contributed by atoms with Crippen LogP contribution in [0.2, 0.25) is 0 Å². The Labute approximate surface area is 206 Å². The Kier molecular flexibility index (Phi) is 7.96. The highest BCUT2D eigenvalue weighted by Crippen LogP contribution is 2.23. The molecule has 0 saturated heterocycles. The first-order valence-electron chi connectivity index (χ1n) is 11.8. The number of benzene rings is 2. The van der Waals surface area contributed by atoms with Crippen molar-refractivity contribution >= 4 is 17.4 Å². The van der Waals surface area contributed by atoms with Gasteiger partial charge in [0.1, 0.15) is 5.82 Å². The van der Waals surface area contributed by atoms with Gasteiger partial charge in [-0.1, -0.05) is 75.4 Å². The molecule has 3 N–H and O–H groups in total. The number of carbonyl (C=O) groups excluding carboxylic acids is 1. The van der Waals surface area contributed by atoms with Crippen molar-refractivity contribution in [3.63, 3.8) is 0 Å². The zero-order chi connectivity index (χ0) is 25.8. The summed E-state index contributed by atoms with van der Waals surface area (Å²) in [6.07, 6.45) is 0. The first-order chi connectivity index (χ1) is 16.5. The molecule has 0 aliphatic carbocycles. The second kappa shape index (κ2) is 10.7. The van der Waals surface area contributed by atoms with Crippen LogP contribution in [0, 0.1) is 0 Å². The average molecular weight is 478 g/mol. The van der Waals surface area contributed by atoms with Crippen LogP contribution in [-0.4, -0.2) is 40.5 Å². The second-order valence-corrected chi connectivity index (χ2v) is 9.82.